The Bertz CT molecular complexity index is 505. The van der Waals surface area contributed by atoms with E-state index in [-0.39, 0.29) is 0 Å². The summed E-state index contributed by atoms with van der Waals surface area (Å²) >= 11 is 3.33. The molecule has 0 saturated heterocycles. The summed E-state index contributed by atoms with van der Waals surface area (Å²) in [4.78, 5) is 4.22. The maximum absolute atomic E-state index is 10.2. The molecule has 2 rings (SSSR count). The summed E-state index contributed by atoms with van der Waals surface area (Å²) in [6.45, 7) is 4.31. The van der Waals surface area contributed by atoms with Gasteiger partial charge in [0, 0.05) is 10.7 Å². The van der Waals surface area contributed by atoms with E-state index in [1.54, 1.807) is 6.20 Å². The number of benzene rings is 1. The van der Waals surface area contributed by atoms with Crippen LogP contribution in [0.1, 0.15) is 42.7 Å². The van der Waals surface area contributed by atoms with E-state index in [0.29, 0.717) is 11.6 Å². The summed E-state index contributed by atoms with van der Waals surface area (Å²) < 4.78 is 0.911. The van der Waals surface area contributed by atoms with Gasteiger partial charge < -0.3 is 5.11 Å². The number of rotatable bonds is 3. The average Bonchev–Trinajstić information content (AvgIpc) is 2.39. The number of hydrogen-bond acceptors (Lipinski definition) is 2. The van der Waals surface area contributed by atoms with Crippen LogP contribution in [0.15, 0.2) is 47.1 Å². The molecule has 2 aromatic rings. The van der Waals surface area contributed by atoms with Gasteiger partial charge in [-0.1, -0.05) is 38.1 Å². The van der Waals surface area contributed by atoms with Crippen LogP contribution in [-0.4, -0.2) is 10.1 Å². The van der Waals surface area contributed by atoms with Crippen LogP contribution in [0.5, 0.6) is 0 Å². The van der Waals surface area contributed by atoms with Crippen molar-refractivity contribution < 1.29 is 5.11 Å². The van der Waals surface area contributed by atoms with Crippen LogP contribution in [0.4, 0.5) is 0 Å². The molecule has 1 heterocycles. The van der Waals surface area contributed by atoms with Crippen molar-refractivity contribution in [2.75, 3.05) is 0 Å². The first-order valence-electron chi connectivity index (χ1n) is 5.97. The summed E-state index contributed by atoms with van der Waals surface area (Å²) in [5.41, 5.74) is 2.81. The summed E-state index contributed by atoms with van der Waals surface area (Å²) in [6, 6.07) is 11.7. The molecule has 0 fully saturated rings. The molecule has 2 nitrogen and oxygen atoms in total. The quantitative estimate of drug-likeness (QED) is 0.928. The number of aromatic nitrogens is 1. The van der Waals surface area contributed by atoms with Crippen molar-refractivity contribution >= 4 is 15.9 Å². The molecule has 0 aliphatic rings. The van der Waals surface area contributed by atoms with E-state index in [4.69, 9.17) is 0 Å². The van der Waals surface area contributed by atoms with Crippen molar-refractivity contribution in [3.63, 3.8) is 0 Å². The maximum atomic E-state index is 10.2. The maximum Gasteiger partial charge on any atom is 0.121 e. The molecule has 1 N–H and O–H groups in total. The molecular weight excluding hydrogens is 290 g/mol. The molecule has 1 aromatic carbocycles. The lowest BCUT2D eigenvalue weighted by Gasteiger charge is -2.12. The normalized spacial score (nSPS) is 12.7. The van der Waals surface area contributed by atoms with Crippen molar-refractivity contribution in [3.05, 3.63) is 63.9 Å². The van der Waals surface area contributed by atoms with Crippen molar-refractivity contribution in [3.8, 4) is 0 Å². The fourth-order valence-corrected chi connectivity index (χ4v) is 2.02. The van der Waals surface area contributed by atoms with Crippen LogP contribution in [-0.2, 0) is 0 Å². The number of nitrogens with zero attached hydrogens (tertiary/aromatic N) is 1. The number of hydrogen-bond donors (Lipinski definition) is 1. The SMILES string of the molecule is CC(C)c1ccc(C(O)c2ccc(Br)cn2)cc1. The van der Waals surface area contributed by atoms with E-state index < -0.39 is 6.10 Å². The highest BCUT2D eigenvalue weighted by Crippen LogP contribution is 2.23. The number of aliphatic hydroxyl groups is 1. The van der Waals surface area contributed by atoms with Crippen LogP contribution in [0.2, 0.25) is 0 Å². The first-order chi connectivity index (χ1) is 8.58. The Morgan fingerprint density at radius 3 is 2.11 bits per heavy atom. The van der Waals surface area contributed by atoms with Gasteiger partial charge in [-0.25, -0.2) is 0 Å². The highest BCUT2D eigenvalue weighted by Gasteiger charge is 2.11. The van der Waals surface area contributed by atoms with Gasteiger partial charge in [-0.15, -0.1) is 0 Å². The van der Waals surface area contributed by atoms with E-state index in [2.05, 4.69) is 46.9 Å². The second-order valence-electron chi connectivity index (χ2n) is 4.63. The zero-order valence-corrected chi connectivity index (χ0v) is 12.1. The summed E-state index contributed by atoms with van der Waals surface area (Å²) in [5, 5.41) is 10.2. The molecule has 0 amide bonds. The average molecular weight is 306 g/mol. The Balaban J connectivity index is 2.23. The van der Waals surface area contributed by atoms with Gasteiger partial charge in [-0.05, 0) is 45.1 Å². The monoisotopic (exact) mass is 305 g/mol. The van der Waals surface area contributed by atoms with Crippen LogP contribution < -0.4 is 0 Å². The van der Waals surface area contributed by atoms with Crippen molar-refractivity contribution in [1.82, 2.24) is 4.98 Å². The Morgan fingerprint density at radius 2 is 1.61 bits per heavy atom. The lowest BCUT2D eigenvalue weighted by atomic mass is 9.99. The standard InChI is InChI=1S/C15H16BrNO/c1-10(2)11-3-5-12(6-4-11)15(18)14-8-7-13(16)9-17-14/h3-10,15,18H,1-2H3. The topological polar surface area (TPSA) is 33.1 Å². The fraction of sp³-hybridized carbons (Fsp3) is 0.267. The molecule has 0 radical (unpaired) electrons. The van der Waals surface area contributed by atoms with Crippen LogP contribution in [0.3, 0.4) is 0 Å². The smallest absolute Gasteiger partial charge is 0.121 e. The lowest BCUT2D eigenvalue weighted by molar-refractivity contribution is 0.215. The second kappa shape index (κ2) is 5.63. The van der Waals surface area contributed by atoms with Gasteiger partial charge in [-0.2, -0.15) is 0 Å². The van der Waals surface area contributed by atoms with Crippen LogP contribution in [0, 0.1) is 0 Å². The van der Waals surface area contributed by atoms with Gasteiger partial charge in [0.1, 0.15) is 6.10 Å². The van der Waals surface area contributed by atoms with E-state index in [1.807, 2.05) is 24.3 Å². The predicted molar refractivity (Wildman–Crippen MR) is 76.5 cm³/mol. The van der Waals surface area contributed by atoms with Gasteiger partial charge in [-0.3, -0.25) is 4.98 Å². The van der Waals surface area contributed by atoms with Crippen LogP contribution >= 0.6 is 15.9 Å². The van der Waals surface area contributed by atoms with Crippen molar-refractivity contribution in [2.24, 2.45) is 0 Å². The third-order valence-electron chi connectivity index (χ3n) is 2.95. The highest BCUT2D eigenvalue weighted by atomic mass is 79.9. The zero-order valence-electron chi connectivity index (χ0n) is 10.5. The molecule has 0 bridgehead atoms. The first kappa shape index (κ1) is 13.2. The molecule has 0 saturated carbocycles. The minimum Gasteiger partial charge on any atom is -0.382 e. The number of halogens is 1. The second-order valence-corrected chi connectivity index (χ2v) is 5.54. The molecule has 1 atom stereocenters. The molecule has 18 heavy (non-hydrogen) atoms. The largest absolute Gasteiger partial charge is 0.382 e. The van der Waals surface area contributed by atoms with Gasteiger partial charge in [0.25, 0.3) is 0 Å². The third-order valence-corrected chi connectivity index (χ3v) is 3.42. The molecule has 94 valence electrons. The Kier molecular flexibility index (Phi) is 4.15. The molecule has 0 aliphatic carbocycles. The first-order valence-corrected chi connectivity index (χ1v) is 6.76. The van der Waals surface area contributed by atoms with E-state index in [9.17, 15) is 5.11 Å². The van der Waals surface area contributed by atoms with E-state index >= 15 is 0 Å². The van der Waals surface area contributed by atoms with Crippen LogP contribution in [0.25, 0.3) is 0 Å². The highest BCUT2D eigenvalue weighted by molar-refractivity contribution is 9.10. The number of aliphatic hydroxyl groups excluding tert-OH is 1. The Hall–Kier alpha value is -1.19. The minimum absolute atomic E-state index is 0.502. The summed E-state index contributed by atoms with van der Waals surface area (Å²) in [7, 11) is 0. The molecular formula is C15H16BrNO. The molecule has 0 spiro atoms. The van der Waals surface area contributed by atoms with Crippen molar-refractivity contribution in [1.29, 1.82) is 0 Å². The van der Waals surface area contributed by atoms with Gasteiger partial charge in [0.05, 0.1) is 5.69 Å². The molecule has 1 aromatic heterocycles. The molecule has 3 heteroatoms. The Labute approximate surface area is 116 Å². The van der Waals surface area contributed by atoms with Gasteiger partial charge >= 0.3 is 0 Å². The number of pyridine rings is 1. The minimum atomic E-state index is -0.667. The Morgan fingerprint density at radius 1 is 1.00 bits per heavy atom. The summed E-state index contributed by atoms with van der Waals surface area (Å²) in [5.74, 6) is 0.502. The molecule has 0 aliphatic heterocycles. The van der Waals surface area contributed by atoms with Gasteiger partial charge in [0.2, 0.25) is 0 Å². The van der Waals surface area contributed by atoms with Crippen molar-refractivity contribution in [2.45, 2.75) is 25.9 Å². The lowest BCUT2D eigenvalue weighted by Crippen LogP contribution is -2.02. The zero-order chi connectivity index (χ0) is 13.1. The van der Waals surface area contributed by atoms with E-state index in [1.165, 1.54) is 5.56 Å². The summed E-state index contributed by atoms with van der Waals surface area (Å²) in [6.07, 6.45) is 1.03. The van der Waals surface area contributed by atoms with Gasteiger partial charge in [0.15, 0.2) is 0 Å². The predicted octanol–water partition coefficient (Wildman–Crippen LogP) is 4.05. The molecule has 1 unspecified atom stereocenters. The van der Waals surface area contributed by atoms with E-state index in [0.717, 1.165) is 10.0 Å². The fourth-order valence-electron chi connectivity index (χ4n) is 1.78. The third kappa shape index (κ3) is 2.98.